The molecule has 0 saturated heterocycles. The Morgan fingerprint density at radius 3 is 2.58 bits per heavy atom. The zero-order valence-electron chi connectivity index (χ0n) is 14.4. The molecule has 7 heteroatoms. The van der Waals surface area contributed by atoms with Gasteiger partial charge in [0, 0.05) is 12.3 Å². The number of thiophene rings is 1. The average Bonchev–Trinajstić information content (AvgIpc) is 3.14. The fraction of sp³-hybridized carbons (Fsp3) is 0.263. The van der Waals surface area contributed by atoms with Crippen LogP contribution in [-0.4, -0.2) is 30.2 Å². The highest BCUT2D eigenvalue weighted by Crippen LogP contribution is 2.17. The molecule has 0 fully saturated rings. The topological polar surface area (TPSA) is 69.6 Å². The molecule has 0 atom stereocenters. The van der Waals surface area contributed by atoms with Crippen LogP contribution in [0.4, 0.5) is 0 Å². The van der Waals surface area contributed by atoms with Gasteiger partial charge in [0.05, 0.1) is 23.4 Å². The summed E-state index contributed by atoms with van der Waals surface area (Å²) < 4.78 is 13.4. The SMILES string of the molecule is CCOc1ccc(OCCNC(=O)Cn2ccc(=O)c3sccc32)cc1. The van der Waals surface area contributed by atoms with Gasteiger partial charge in [-0.1, -0.05) is 0 Å². The lowest BCUT2D eigenvalue weighted by atomic mass is 10.3. The van der Waals surface area contributed by atoms with E-state index in [0.29, 0.717) is 24.5 Å². The summed E-state index contributed by atoms with van der Waals surface area (Å²) in [5.41, 5.74) is 0.763. The Bertz CT molecular complexity index is 931. The molecule has 0 unspecified atom stereocenters. The first-order valence-corrected chi connectivity index (χ1v) is 9.24. The molecule has 2 aromatic heterocycles. The predicted molar refractivity (Wildman–Crippen MR) is 102 cm³/mol. The van der Waals surface area contributed by atoms with Crippen molar-refractivity contribution in [3.63, 3.8) is 0 Å². The number of rotatable bonds is 8. The fourth-order valence-electron chi connectivity index (χ4n) is 2.53. The fourth-order valence-corrected chi connectivity index (χ4v) is 3.36. The number of pyridine rings is 1. The lowest BCUT2D eigenvalue weighted by molar-refractivity contribution is -0.121. The van der Waals surface area contributed by atoms with Crippen LogP contribution in [0.2, 0.25) is 0 Å². The third-order valence-electron chi connectivity index (χ3n) is 3.73. The number of carbonyl (C=O) groups excluding carboxylic acids is 1. The lowest BCUT2D eigenvalue weighted by Gasteiger charge is -2.10. The van der Waals surface area contributed by atoms with Gasteiger partial charge in [-0.3, -0.25) is 9.59 Å². The molecule has 0 aliphatic heterocycles. The highest BCUT2D eigenvalue weighted by Gasteiger charge is 2.07. The second-order valence-electron chi connectivity index (χ2n) is 5.55. The van der Waals surface area contributed by atoms with Crippen molar-refractivity contribution < 1.29 is 14.3 Å². The molecule has 0 saturated carbocycles. The molecule has 1 amide bonds. The van der Waals surface area contributed by atoms with E-state index >= 15 is 0 Å². The summed E-state index contributed by atoms with van der Waals surface area (Å²) in [6.07, 6.45) is 1.65. The number of hydrogen-bond acceptors (Lipinski definition) is 5. The molecule has 1 N–H and O–H groups in total. The van der Waals surface area contributed by atoms with Crippen molar-refractivity contribution in [2.75, 3.05) is 19.8 Å². The molecule has 3 aromatic rings. The largest absolute Gasteiger partial charge is 0.494 e. The van der Waals surface area contributed by atoms with E-state index in [4.69, 9.17) is 9.47 Å². The van der Waals surface area contributed by atoms with Crippen LogP contribution in [0.5, 0.6) is 11.5 Å². The maximum absolute atomic E-state index is 12.1. The molecule has 0 aliphatic carbocycles. The summed E-state index contributed by atoms with van der Waals surface area (Å²) in [6, 6.07) is 10.7. The molecular weight excluding hydrogens is 352 g/mol. The van der Waals surface area contributed by atoms with Gasteiger partial charge in [-0.25, -0.2) is 0 Å². The van der Waals surface area contributed by atoms with Gasteiger partial charge >= 0.3 is 0 Å². The molecule has 136 valence electrons. The van der Waals surface area contributed by atoms with Crippen molar-refractivity contribution in [2.45, 2.75) is 13.5 Å². The van der Waals surface area contributed by atoms with Gasteiger partial charge in [0.2, 0.25) is 5.91 Å². The monoisotopic (exact) mass is 372 g/mol. The van der Waals surface area contributed by atoms with Crippen LogP contribution in [0.25, 0.3) is 10.2 Å². The van der Waals surface area contributed by atoms with Crippen LogP contribution < -0.4 is 20.2 Å². The van der Waals surface area contributed by atoms with E-state index in [0.717, 1.165) is 17.0 Å². The number of amides is 1. The van der Waals surface area contributed by atoms with Crippen LogP contribution in [0.1, 0.15) is 6.92 Å². The van der Waals surface area contributed by atoms with Crippen molar-refractivity contribution in [3.8, 4) is 11.5 Å². The van der Waals surface area contributed by atoms with Crippen LogP contribution in [0.15, 0.2) is 52.8 Å². The summed E-state index contributed by atoms with van der Waals surface area (Å²) >= 11 is 1.38. The minimum Gasteiger partial charge on any atom is -0.494 e. The van der Waals surface area contributed by atoms with E-state index in [1.807, 2.05) is 42.6 Å². The van der Waals surface area contributed by atoms with Crippen LogP contribution in [-0.2, 0) is 11.3 Å². The Labute approximate surface area is 155 Å². The summed E-state index contributed by atoms with van der Waals surface area (Å²) in [5.74, 6) is 1.40. The molecular formula is C19H20N2O4S. The summed E-state index contributed by atoms with van der Waals surface area (Å²) in [7, 11) is 0. The molecule has 6 nitrogen and oxygen atoms in total. The number of fused-ring (bicyclic) bond motifs is 1. The van der Waals surface area contributed by atoms with Crippen molar-refractivity contribution in [1.82, 2.24) is 9.88 Å². The third kappa shape index (κ3) is 4.43. The Hall–Kier alpha value is -2.80. The van der Waals surface area contributed by atoms with Gasteiger partial charge in [0.25, 0.3) is 0 Å². The number of nitrogens with zero attached hydrogens (tertiary/aromatic N) is 1. The van der Waals surface area contributed by atoms with E-state index in [2.05, 4.69) is 5.32 Å². The molecule has 3 rings (SSSR count). The van der Waals surface area contributed by atoms with Crippen molar-refractivity contribution in [3.05, 3.63) is 58.2 Å². The maximum atomic E-state index is 12.1. The average molecular weight is 372 g/mol. The van der Waals surface area contributed by atoms with Gasteiger partial charge < -0.3 is 19.4 Å². The summed E-state index contributed by atoms with van der Waals surface area (Å²) in [5, 5.41) is 4.67. The minimum atomic E-state index is -0.128. The van der Waals surface area contributed by atoms with Crippen molar-refractivity contribution in [2.24, 2.45) is 0 Å². The molecule has 0 radical (unpaired) electrons. The second kappa shape index (κ2) is 8.53. The number of nitrogens with one attached hydrogen (secondary N) is 1. The van der Waals surface area contributed by atoms with Gasteiger partial charge in [-0.15, -0.1) is 11.3 Å². The lowest BCUT2D eigenvalue weighted by Crippen LogP contribution is -2.31. The zero-order chi connectivity index (χ0) is 18.4. The standard InChI is InChI=1S/C19H20N2O4S/c1-2-24-14-3-5-15(6-4-14)25-11-9-20-18(23)13-21-10-7-17(22)19-16(21)8-12-26-19/h3-8,10,12H,2,9,11,13H2,1H3,(H,20,23). The van der Waals surface area contributed by atoms with E-state index in [1.165, 1.54) is 17.4 Å². The van der Waals surface area contributed by atoms with E-state index in [-0.39, 0.29) is 17.9 Å². The molecule has 0 spiro atoms. The number of ether oxygens (including phenoxy) is 2. The van der Waals surface area contributed by atoms with Crippen molar-refractivity contribution in [1.29, 1.82) is 0 Å². The van der Waals surface area contributed by atoms with E-state index < -0.39 is 0 Å². The van der Waals surface area contributed by atoms with E-state index in [1.54, 1.807) is 10.8 Å². The first-order chi connectivity index (χ1) is 12.7. The number of carbonyl (C=O) groups is 1. The van der Waals surface area contributed by atoms with Crippen LogP contribution in [0.3, 0.4) is 0 Å². The smallest absolute Gasteiger partial charge is 0.240 e. The quantitative estimate of drug-likeness (QED) is 0.617. The maximum Gasteiger partial charge on any atom is 0.240 e. The molecule has 1 aromatic carbocycles. The van der Waals surface area contributed by atoms with Crippen molar-refractivity contribution >= 4 is 27.5 Å². The molecule has 0 bridgehead atoms. The van der Waals surface area contributed by atoms with Gasteiger partial charge in [-0.05, 0) is 42.6 Å². The van der Waals surface area contributed by atoms with Crippen LogP contribution in [0, 0.1) is 0 Å². The normalized spacial score (nSPS) is 10.7. The van der Waals surface area contributed by atoms with Gasteiger partial charge in [-0.2, -0.15) is 0 Å². The Morgan fingerprint density at radius 2 is 1.85 bits per heavy atom. The number of hydrogen-bond donors (Lipinski definition) is 1. The Morgan fingerprint density at radius 1 is 1.12 bits per heavy atom. The van der Waals surface area contributed by atoms with Crippen LogP contribution >= 0.6 is 11.3 Å². The highest BCUT2D eigenvalue weighted by atomic mass is 32.1. The third-order valence-corrected chi connectivity index (χ3v) is 4.64. The first kappa shape index (κ1) is 18.0. The predicted octanol–water partition coefficient (Wildman–Crippen LogP) is 2.66. The highest BCUT2D eigenvalue weighted by molar-refractivity contribution is 7.17. The zero-order valence-corrected chi connectivity index (χ0v) is 15.3. The van der Waals surface area contributed by atoms with Gasteiger partial charge in [0.1, 0.15) is 24.7 Å². The van der Waals surface area contributed by atoms with Gasteiger partial charge in [0.15, 0.2) is 5.43 Å². The summed E-state index contributed by atoms with van der Waals surface area (Å²) in [6.45, 7) is 3.50. The minimum absolute atomic E-state index is 0.0181. The first-order valence-electron chi connectivity index (χ1n) is 8.36. The molecule has 26 heavy (non-hydrogen) atoms. The number of aromatic nitrogens is 1. The Kier molecular flexibility index (Phi) is 5.91. The number of benzene rings is 1. The Balaban J connectivity index is 1.46. The summed E-state index contributed by atoms with van der Waals surface area (Å²) in [4.78, 5) is 23.9. The second-order valence-corrected chi connectivity index (χ2v) is 6.46. The molecule has 0 aliphatic rings. The van der Waals surface area contributed by atoms with E-state index in [9.17, 15) is 9.59 Å². The molecule has 2 heterocycles.